The monoisotopic (exact) mass is 271 g/mol. The molecule has 0 aliphatic carbocycles. The quantitative estimate of drug-likeness (QED) is 0.774. The third-order valence-electron chi connectivity index (χ3n) is 1.60. The van der Waals surface area contributed by atoms with Crippen LogP contribution in [0.1, 0.15) is 47.1 Å². The van der Waals surface area contributed by atoms with Crippen LogP contribution in [0.3, 0.4) is 0 Å². The van der Waals surface area contributed by atoms with Crippen LogP contribution < -0.4 is 4.72 Å². The first kappa shape index (κ1) is 17.5. The van der Waals surface area contributed by atoms with Crippen molar-refractivity contribution in [1.82, 2.24) is 4.72 Å². The molecule has 0 aliphatic heterocycles. The van der Waals surface area contributed by atoms with E-state index in [1.165, 1.54) is 6.07 Å². The zero-order valence-corrected chi connectivity index (χ0v) is 13.2. The van der Waals surface area contributed by atoms with E-state index >= 15 is 0 Å². The van der Waals surface area contributed by atoms with Crippen LogP contribution in [0.4, 0.5) is 4.39 Å². The lowest BCUT2D eigenvalue weighted by Crippen LogP contribution is -2.17. The Morgan fingerprint density at radius 1 is 1.17 bits per heavy atom. The van der Waals surface area contributed by atoms with E-state index in [0.717, 1.165) is 5.92 Å². The largest absolute Gasteiger partial charge is 0.259 e. The van der Waals surface area contributed by atoms with Crippen LogP contribution in [0.5, 0.6) is 0 Å². The minimum Gasteiger partial charge on any atom is -0.259 e. The summed E-state index contributed by atoms with van der Waals surface area (Å²) in [4.78, 5) is 0. The summed E-state index contributed by atoms with van der Waals surface area (Å²) in [7, 11) is 0. The van der Waals surface area contributed by atoms with Gasteiger partial charge >= 0.3 is 0 Å². The van der Waals surface area contributed by atoms with Gasteiger partial charge in [-0.15, -0.1) is 0 Å². The molecule has 0 fully saturated rings. The molecule has 0 aliphatic rings. The standard InChI is InChI=1S/C11H16FNS.C4H10/c1-11(2,3)14-13-8-9-6-4-5-7-10(9)12;1-4(2)3/h4-7,13H,8H2,1-3H3;4H,1-3H3. The van der Waals surface area contributed by atoms with Gasteiger partial charge in [0, 0.05) is 16.9 Å². The molecule has 0 spiro atoms. The summed E-state index contributed by atoms with van der Waals surface area (Å²) in [6.45, 7) is 13.4. The fraction of sp³-hybridized carbons (Fsp3) is 0.600. The van der Waals surface area contributed by atoms with Gasteiger partial charge in [-0.05, 0) is 32.8 Å². The molecular formula is C15H26FNS. The summed E-state index contributed by atoms with van der Waals surface area (Å²) in [6, 6.07) is 6.84. The van der Waals surface area contributed by atoms with Gasteiger partial charge in [-0.2, -0.15) is 0 Å². The zero-order valence-electron chi connectivity index (χ0n) is 12.4. The number of benzene rings is 1. The van der Waals surface area contributed by atoms with Crippen LogP contribution in [0.2, 0.25) is 0 Å². The second-order valence-corrected chi connectivity index (χ2v) is 7.58. The normalized spacial score (nSPS) is 11.1. The Kier molecular flexibility index (Phi) is 8.29. The summed E-state index contributed by atoms with van der Waals surface area (Å²) >= 11 is 1.62. The molecule has 0 saturated heterocycles. The highest BCUT2D eigenvalue weighted by atomic mass is 32.2. The van der Waals surface area contributed by atoms with Gasteiger partial charge in [-0.25, -0.2) is 4.39 Å². The first-order valence-electron chi connectivity index (χ1n) is 6.36. The molecule has 104 valence electrons. The molecule has 0 aromatic heterocycles. The van der Waals surface area contributed by atoms with E-state index in [1.54, 1.807) is 24.1 Å². The van der Waals surface area contributed by atoms with E-state index in [1.807, 2.05) is 6.07 Å². The number of hydrogen-bond acceptors (Lipinski definition) is 2. The molecule has 0 saturated carbocycles. The maximum atomic E-state index is 13.2. The van der Waals surface area contributed by atoms with Gasteiger partial charge in [0.25, 0.3) is 0 Å². The predicted molar refractivity (Wildman–Crippen MR) is 81.1 cm³/mol. The highest BCUT2D eigenvalue weighted by molar-refractivity contribution is 7.98. The number of rotatable bonds is 3. The highest BCUT2D eigenvalue weighted by Crippen LogP contribution is 2.20. The topological polar surface area (TPSA) is 12.0 Å². The molecule has 0 amide bonds. The van der Waals surface area contributed by atoms with Crippen molar-refractivity contribution in [2.45, 2.75) is 52.8 Å². The Labute approximate surface area is 116 Å². The average molecular weight is 271 g/mol. The third-order valence-corrected chi connectivity index (χ3v) is 2.50. The van der Waals surface area contributed by atoms with Gasteiger partial charge in [0.05, 0.1) is 0 Å². The van der Waals surface area contributed by atoms with Crippen molar-refractivity contribution >= 4 is 11.9 Å². The van der Waals surface area contributed by atoms with Crippen molar-refractivity contribution in [3.8, 4) is 0 Å². The summed E-state index contributed by atoms with van der Waals surface area (Å²) in [5, 5.41) is 0. The lowest BCUT2D eigenvalue weighted by Gasteiger charge is -2.17. The maximum Gasteiger partial charge on any atom is 0.127 e. The number of nitrogens with one attached hydrogen (secondary N) is 1. The highest BCUT2D eigenvalue weighted by Gasteiger charge is 2.10. The van der Waals surface area contributed by atoms with E-state index < -0.39 is 0 Å². The van der Waals surface area contributed by atoms with Crippen LogP contribution >= 0.6 is 11.9 Å². The predicted octanol–water partition coefficient (Wildman–Crippen LogP) is 5.02. The minimum absolute atomic E-state index is 0.144. The summed E-state index contributed by atoms with van der Waals surface area (Å²) < 4.78 is 16.5. The van der Waals surface area contributed by atoms with Gasteiger partial charge in [0.2, 0.25) is 0 Å². The molecule has 0 atom stereocenters. The van der Waals surface area contributed by atoms with Gasteiger partial charge < -0.3 is 0 Å². The molecule has 1 nitrogen and oxygen atoms in total. The van der Waals surface area contributed by atoms with Crippen molar-refractivity contribution < 1.29 is 4.39 Å². The summed E-state index contributed by atoms with van der Waals surface area (Å²) in [5.41, 5.74) is 0.712. The fourth-order valence-electron chi connectivity index (χ4n) is 0.972. The molecule has 3 heteroatoms. The molecule has 0 unspecified atom stereocenters. The molecule has 1 aromatic rings. The molecule has 1 rings (SSSR count). The van der Waals surface area contributed by atoms with E-state index in [0.29, 0.717) is 12.1 Å². The molecule has 1 aromatic carbocycles. The lowest BCUT2D eigenvalue weighted by molar-refractivity contribution is 0.607. The van der Waals surface area contributed by atoms with Crippen LogP contribution in [-0.4, -0.2) is 4.75 Å². The van der Waals surface area contributed by atoms with E-state index in [9.17, 15) is 4.39 Å². The van der Waals surface area contributed by atoms with E-state index in [4.69, 9.17) is 0 Å². The van der Waals surface area contributed by atoms with E-state index in [2.05, 4.69) is 46.3 Å². The SMILES string of the molecule is CC(C)(C)SNCc1ccccc1F.CC(C)C. The van der Waals surface area contributed by atoms with Crippen molar-refractivity contribution in [1.29, 1.82) is 0 Å². The Morgan fingerprint density at radius 2 is 1.67 bits per heavy atom. The van der Waals surface area contributed by atoms with Crippen molar-refractivity contribution in [3.63, 3.8) is 0 Å². The van der Waals surface area contributed by atoms with Crippen LogP contribution in [0.15, 0.2) is 24.3 Å². The second kappa shape index (κ2) is 8.54. The zero-order chi connectivity index (χ0) is 14.2. The average Bonchev–Trinajstić information content (AvgIpc) is 2.18. The maximum absolute atomic E-state index is 13.2. The van der Waals surface area contributed by atoms with Crippen LogP contribution in [-0.2, 0) is 6.54 Å². The Balaban J connectivity index is 0.000000631. The Hall–Kier alpha value is -0.540. The van der Waals surface area contributed by atoms with Crippen molar-refractivity contribution in [2.24, 2.45) is 5.92 Å². The van der Waals surface area contributed by atoms with Crippen LogP contribution in [0, 0.1) is 11.7 Å². The smallest absolute Gasteiger partial charge is 0.127 e. The number of halogens is 1. The fourth-order valence-corrected chi connectivity index (χ4v) is 1.63. The minimum atomic E-state index is -0.144. The Morgan fingerprint density at radius 3 is 2.11 bits per heavy atom. The first-order chi connectivity index (χ1) is 8.22. The van der Waals surface area contributed by atoms with Crippen LogP contribution in [0.25, 0.3) is 0 Å². The van der Waals surface area contributed by atoms with Gasteiger partial charge in [-0.1, -0.05) is 50.9 Å². The van der Waals surface area contributed by atoms with Gasteiger partial charge in [0.15, 0.2) is 0 Å². The summed E-state index contributed by atoms with van der Waals surface area (Å²) in [5.74, 6) is 0.689. The summed E-state index contributed by atoms with van der Waals surface area (Å²) in [6.07, 6.45) is 0. The molecule has 0 bridgehead atoms. The Bertz CT molecular complexity index is 329. The van der Waals surface area contributed by atoms with Crippen molar-refractivity contribution in [3.05, 3.63) is 35.6 Å². The lowest BCUT2D eigenvalue weighted by atomic mass is 10.2. The van der Waals surface area contributed by atoms with E-state index in [-0.39, 0.29) is 10.6 Å². The molecular weight excluding hydrogens is 245 g/mol. The molecule has 0 radical (unpaired) electrons. The second-order valence-electron chi connectivity index (χ2n) is 5.86. The van der Waals surface area contributed by atoms with Gasteiger partial charge in [-0.3, -0.25) is 4.72 Å². The molecule has 1 N–H and O–H groups in total. The van der Waals surface area contributed by atoms with Crippen molar-refractivity contribution in [2.75, 3.05) is 0 Å². The molecule has 0 heterocycles. The third kappa shape index (κ3) is 10.6. The number of hydrogen-bond donors (Lipinski definition) is 1. The first-order valence-corrected chi connectivity index (χ1v) is 7.18. The molecule has 18 heavy (non-hydrogen) atoms. The van der Waals surface area contributed by atoms with Gasteiger partial charge in [0.1, 0.15) is 5.82 Å².